The Morgan fingerprint density at radius 2 is 1.60 bits per heavy atom. The molecule has 2 amide bonds. The van der Waals surface area contributed by atoms with E-state index in [0.29, 0.717) is 17.2 Å². The van der Waals surface area contributed by atoms with Crippen LogP contribution < -0.4 is 0 Å². The van der Waals surface area contributed by atoms with Gasteiger partial charge in [0.25, 0.3) is 11.8 Å². The van der Waals surface area contributed by atoms with Gasteiger partial charge in [-0.25, -0.2) is 0 Å². The average molecular weight is 343 g/mol. The molecule has 136 valence electrons. The topological polar surface area (TPSA) is 43.9 Å². The summed E-state index contributed by atoms with van der Waals surface area (Å²) in [6.45, 7) is 4.05. The summed E-state index contributed by atoms with van der Waals surface area (Å²) in [6.07, 6.45) is 6.09. The largest absolute Gasteiger partial charge is 0.345 e. The van der Waals surface area contributed by atoms with Crippen LogP contribution in [0.1, 0.15) is 52.8 Å². The van der Waals surface area contributed by atoms with Crippen LogP contribution in [0.5, 0.6) is 0 Å². The van der Waals surface area contributed by atoms with Gasteiger partial charge in [0.2, 0.25) is 0 Å². The van der Waals surface area contributed by atoms with Crippen molar-refractivity contribution in [3.05, 3.63) is 35.4 Å². The first-order chi connectivity index (χ1) is 12.1. The van der Waals surface area contributed by atoms with E-state index < -0.39 is 0 Å². The van der Waals surface area contributed by atoms with Crippen LogP contribution in [0.4, 0.5) is 0 Å². The Hall–Kier alpha value is -1.88. The molecule has 0 unspecified atom stereocenters. The molecule has 0 atom stereocenters. The molecular weight excluding hydrogens is 314 g/mol. The highest BCUT2D eigenvalue weighted by atomic mass is 16.2. The number of hydrogen-bond donors (Lipinski definition) is 0. The second-order valence-electron chi connectivity index (χ2n) is 7.40. The highest BCUT2D eigenvalue weighted by molar-refractivity contribution is 5.99. The zero-order valence-electron chi connectivity index (χ0n) is 15.4. The summed E-state index contributed by atoms with van der Waals surface area (Å²) < 4.78 is 0. The molecule has 25 heavy (non-hydrogen) atoms. The Balaban J connectivity index is 1.61. The first-order valence-corrected chi connectivity index (χ1v) is 9.41. The molecule has 2 heterocycles. The van der Waals surface area contributed by atoms with Gasteiger partial charge in [-0.2, -0.15) is 0 Å². The number of benzene rings is 1. The van der Waals surface area contributed by atoms with E-state index in [1.165, 1.54) is 37.3 Å². The molecule has 0 bridgehead atoms. The number of likely N-dealkylation sites (tertiary alicyclic amines) is 2. The predicted octanol–water partition coefficient (Wildman–Crippen LogP) is 2.48. The van der Waals surface area contributed by atoms with Crippen molar-refractivity contribution in [1.29, 1.82) is 0 Å². The Morgan fingerprint density at radius 1 is 0.960 bits per heavy atom. The van der Waals surface area contributed by atoms with Gasteiger partial charge in [-0.15, -0.1) is 0 Å². The van der Waals surface area contributed by atoms with Gasteiger partial charge in [0, 0.05) is 44.4 Å². The van der Waals surface area contributed by atoms with Crippen molar-refractivity contribution < 1.29 is 9.59 Å². The first kappa shape index (κ1) is 17.9. The van der Waals surface area contributed by atoms with Crippen molar-refractivity contribution in [2.45, 2.75) is 38.1 Å². The van der Waals surface area contributed by atoms with E-state index in [1.54, 1.807) is 32.3 Å². The van der Waals surface area contributed by atoms with Crippen LogP contribution in [0, 0.1) is 0 Å². The zero-order valence-corrected chi connectivity index (χ0v) is 15.4. The molecule has 0 radical (unpaired) electrons. The minimum Gasteiger partial charge on any atom is -0.345 e. The molecule has 2 aliphatic heterocycles. The average Bonchev–Trinajstić information content (AvgIpc) is 2.67. The van der Waals surface area contributed by atoms with Gasteiger partial charge < -0.3 is 14.7 Å². The number of rotatable bonds is 3. The monoisotopic (exact) mass is 343 g/mol. The van der Waals surface area contributed by atoms with Gasteiger partial charge in [-0.05, 0) is 57.0 Å². The molecular formula is C20H29N3O2. The zero-order chi connectivity index (χ0) is 17.8. The Bertz CT molecular complexity index is 615. The Morgan fingerprint density at radius 3 is 2.24 bits per heavy atom. The lowest BCUT2D eigenvalue weighted by atomic mass is 9.99. The highest BCUT2D eigenvalue weighted by Crippen LogP contribution is 2.22. The van der Waals surface area contributed by atoms with Crippen LogP contribution in [0.15, 0.2) is 24.3 Å². The molecule has 5 heteroatoms. The van der Waals surface area contributed by atoms with Crippen LogP contribution in [0.2, 0.25) is 0 Å². The highest BCUT2D eigenvalue weighted by Gasteiger charge is 2.28. The predicted molar refractivity (Wildman–Crippen MR) is 98.8 cm³/mol. The first-order valence-electron chi connectivity index (χ1n) is 9.41. The fourth-order valence-electron chi connectivity index (χ4n) is 3.94. The van der Waals surface area contributed by atoms with E-state index in [2.05, 4.69) is 4.90 Å². The van der Waals surface area contributed by atoms with Crippen molar-refractivity contribution in [1.82, 2.24) is 14.7 Å². The van der Waals surface area contributed by atoms with E-state index >= 15 is 0 Å². The fraction of sp³-hybridized carbons (Fsp3) is 0.600. The summed E-state index contributed by atoms with van der Waals surface area (Å²) >= 11 is 0. The van der Waals surface area contributed by atoms with Gasteiger partial charge in [0.1, 0.15) is 0 Å². The third kappa shape index (κ3) is 4.21. The molecule has 1 aromatic rings. The third-order valence-electron chi connectivity index (χ3n) is 5.42. The van der Waals surface area contributed by atoms with E-state index in [0.717, 1.165) is 25.9 Å². The van der Waals surface area contributed by atoms with Crippen LogP contribution in [0.25, 0.3) is 0 Å². The third-order valence-corrected chi connectivity index (χ3v) is 5.42. The maximum absolute atomic E-state index is 12.8. The second kappa shape index (κ2) is 8.00. The Labute approximate surface area is 150 Å². The summed E-state index contributed by atoms with van der Waals surface area (Å²) in [4.78, 5) is 31.0. The lowest BCUT2D eigenvalue weighted by Crippen LogP contribution is -2.48. The van der Waals surface area contributed by atoms with Crippen LogP contribution in [-0.2, 0) is 0 Å². The number of carbonyl (C=O) groups is 2. The molecule has 0 saturated carbocycles. The molecule has 0 aliphatic carbocycles. The summed E-state index contributed by atoms with van der Waals surface area (Å²) in [5.74, 6) is -0.0241. The molecule has 2 fully saturated rings. The van der Waals surface area contributed by atoms with Crippen molar-refractivity contribution in [2.24, 2.45) is 0 Å². The molecule has 0 spiro atoms. The number of piperidine rings is 2. The smallest absolute Gasteiger partial charge is 0.253 e. The quantitative estimate of drug-likeness (QED) is 0.847. The van der Waals surface area contributed by atoms with E-state index in [9.17, 15) is 9.59 Å². The van der Waals surface area contributed by atoms with Crippen molar-refractivity contribution in [3.63, 3.8) is 0 Å². The summed E-state index contributed by atoms with van der Waals surface area (Å²) in [6, 6.07) is 7.73. The fourth-order valence-corrected chi connectivity index (χ4v) is 3.94. The summed E-state index contributed by atoms with van der Waals surface area (Å²) in [5, 5.41) is 0. The normalized spacial score (nSPS) is 19.7. The van der Waals surface area contributed by atoms with E-state index in [1.807, 2.05) is 11.0 Å². The van der Waals surface area contributed by atoms with E-state index in [4.69, 9.17) is 0 Å². The number of amides is 2. The van der Waals surface area contributed by atoms with Gasteiger partial charge in [-0.1, -0.05) is 12.5 Å². The molecule has 1 aromatic carbocycles. The maximum atomic E-state index is 12.8. The molecule has 2 aliphatic rings. The van der Waals surface area contributed by atoms with Crippen molar-refractivity contribution in [2.75, 3.05) is 40.3 Å². The van der Waals surface area contributed by atoms with Crippen LogP contribution >= 0.6 is 0 Å². The van der Waals surface area contributed by atoms with Gasteiger partial charge in [0.05, 0.1) is 0 Å². The summed E-state index contributed by atoms with van der Waals surface area (Å²) in [5.41, 5.74) is 1.18. The molecule has 5 nitrogen and oxygen atoms in total. The maximum Gasteiger partial charge on any atom is 0.253 e. The SMILES string of the molecule is CN(C)C(=O)c1cccc(C(=O)N2CCC(N3CCCCC3)CC2)c1. The summed E-state index contributed by atoms with van der Waals surface area (Å²) in [7, 11) is 3.45. The van der Waals surface area contributed by atoms with Gasteiger partial charge in [-0.3, -0.25) is 9.59 Å². The Kier molecular flexibility index (Phi) is 5.74. The lowest BCUT2D eigenvalue weighted by Gasteiger charge is -2.40. The second-order valence-corrected chi connectivity index (χ2v) is 7.40. The van der Waals surface area contributed by atoms with Crippen molar-refractivity contribution >= 4 is 11.8 Å². The number of hydrogen-bond acceptors (Lipinski definition) is 3. The van der Waals surface area contributed by atoms with Crippen LogP contribution in [-0.4, -0.2) is 72.8 Å². The number of carbonyl (C=O) groups excluding carboxylic acids is 2. The molecule has 0 N–H and O–H groups in total. The van der Waals surface area contributed by atoms with Gasteiger partial charge >= 0.3 is 0 Å². The molecule has 0 aromatic heterocycles. The molecule has 3 rings (SSSR count). The van der Waals surface area contributed by atoms with Gasteiger partial charge in [0.15, 0.2) is 0 Å². The standard InChI is InChI=1S/C20H29N3O2/c1-21(2)19(24)16-7-6-8-17(15-16)20(25)23-13-9-18(10-14-23)22-11-4-3-5-12-22/h6-8,15,18H,3-5,9-14H2,1-2H3. The lowest BCUT2D eigenvalue weighted by molar-refractivity contribution is 0.0590. The molecule has 2 saturated heterocycles. The van der Waals surface area contributed by atoms with E-state index in [-0.39, 0.29) is 11.8 Å². The van der Waals surface area contributed by atoms with Crippen LogP contribution in [0.3, 0.4) is 0 Å². The van der Waals surface area contributed by atoms with Crippen molar-refractivity contribution in [3.8, 4) is 0 Å². The minimum absolute atomic E-state index is 0.0468. The number of nitrogens with zero attached hydrogens (tertiary/aromatic N) is 3. The minimum atomic E-state index is -0.0709.